The first-order valence-electron chi connectivity index (χ1n) is 4.76. The van der Waals surface area contributed by atoms with E-state index in [1.807, 2.05) is 0 Å². The number of carboxylic acid groups (broad SMARTS) is 1. The fraction of sp³-hybridized carbons (Fsp3) is 0.625. The normalized spacial score (nSPS) is 20.9. The molecule has 0 aliphatic carbocycles. The summed E-state index contributed by atoms with van der Waals surface area (Å²) >= 11 is 6.67. The third-order valence-corrected chi connectivity index (χ3v) is 3.73. The van der Waals surface area contributed by atoms with Crippen molar-refractivity contribution in [2.24, 2.45) is 5.92 Å². The van der Waals surface area contributed by atoms with Gasteiger partial charge in [-0.3, -0.25) is 0 Å². The summed E-state index contributed by atoms with van der Waals surface area (Å²) < 4.78 is 26.8. The number of hydrogen-bond donors (Lipinski definition) is 1. The van der Waals surface area contributed by atoms with Crippen molar-refractivity contribution in [3.05, 3.63) is 4.47 Å². The highest BCUT2D eigenvalue weighted by atomic mass is 35.5. The second-order valence-corrected chi connectivity index (χ2v) is 5.24. The van der Waals surface area contributed by atoms with Gasteiger partial charge in [0.25, 0.3) is 0 Å². The van der Waals surface area contributed by atoms with Crippen LogP contribution >= 0.6 is 22.9 Å². The minimum absolute atomic E-state index is 0.0508. The van der Waals surface area contributed by atoms with Crippen LogP contribution in [0.25, 0.3) is 0 Å². The Labute approximate surface area is 104 Å². The third kappa shape index (κ3) is 2.32. The molecule has 0 radical (unpaired) electrons. The number of alkyl halides is 2. The molecule has 1 atom stereocenters. The van der Waals surface area contributed by atoms with Crippen LogP contribution in [0, 0.1) is 5.92 Å². The van der Waals surface area contributed by atoms with Crippen LogP contribution in [0.1, 0.15) is 6.42 Å². The number of aliphatic carboxylic acids is 1. The van der Waals surface area contributed by atoms with Gasteiger partial charge in [0.1, 0.15) is 0 Å². The molecule has 94 valence electrons. The van der Waals surface area contributed by atoms with Gasteiger partial charge in [0, 0.05) is 13.1 Å². The van der Waals surface area contributed by atoms with Crippen molar-refractivity contribution in [3.8, 4) is 0 Å². The maximum atomic E-state index is 13.3. The molecule has 2 heterocycles. The molecule has 5 nitrogen and oxygen atoms in total. The monoisotopic (exact) mass is 283 g/mol. The van der Waals surface area contributed by atoms with Gasteiger partial charge in [0.05, 0.1) is 5.92 Å². The van der Waals surface area contributed by atoms with E-state index in [2.05, 4.69) is 10.2 Å². The third-order valence-electron chi connectivity index (χ3n) is 2.65. The quantitative estimate of drug-likeness (QED) is 0.915. The number of carboxylic acids is 1. The largest absolute Gasteiger partial charge is 0.477 e. The Morgan fingerprint density at radius 3 is 2.82 bits per heavy atom. The van der Waals surface area contributed by atoms with Gasteiger partial charge in [-0.2, -0.15) is 8.78 Å². The highest BCUT2D eigenvalue weighted by Gasteiger charge is 2.50. The van der Waals surface area contributed by atoms with E-state index in [1.165, 1.54) is 0 Å². The Hall–Kier alpha value is -1.02. The van der Waals surface area contributed by atoms with Gasteiger partial charge in [0.15, 0.2) is 0 Å². The molecule has 0 aromatic carbocycles. The van der Waals surface area contributed by atoms with Gasteiger partial charge in [-0.05, 0) is 18.0 Å². The molecule has 0 spiro atoms. The zero-order valence-corrected chi connectivity index (χ0v) is 10.0. The van der Waals surface area contributed by atoms with Gasteiger partial charge in [-0.1, -0.05) is 11.3 Å². The van der Waals surface area contributed by atoms with Crippen LogP contribution in [0.3, 0.4) is 0 Å². The van der Waals surface area contributed by atoms with Crippen molar-refractivity contribution in [2.45, 2.75) is 12.3 Å². The lowest BCUT2D eigenvalue weighted by molar-refractivity contribution is -0.172. The lowest BCUT2D eigenvalue weighted by Gasteiger charge is -2.19. The lowest BCUT2D eigenvalue weighted by atomic mass is 10.0. The number of nitrogens with zero attached hydrogens (tertiary/aromatic N) is 3. The standard InChI is InChI=1S/C8H8ClF2N3O2S/c9-6-12-13-7(17-6)14-2-1-4(3-14)8(10,11)5(15)16/h4H,1-3H2,(H,15,16). The van der Waals surface area contributed by atoms with E-state index >= 15 is 0 Å². The van der Waals surface area contributed by atoms with Gasteiger partial charge in [0.2, 0.25) is 9.60 Å². The topological polar surface area (TPSA) is 66.3 Å². The van der Waals surface area contributed by atoms with Crippen molar-refractivity contribution < 1.29 is 18.7 Å². The van der Waals surface area contributed by atoms with Crippen molar-refractivity contribution in [1.29, 1.82) is 0 Å². The van der Waals surface area contributed by atoms with E-state index in [0.29, 0.717) is 11.7 Å². The van der Waals surface area contributed by atoms with Crippen molar-refractivity contribution >= 4 is 34.0 Å². The Morgan fingerprint density at radius 1 is 1.59 bits per heavy atom. The molecule has 1 unspecified atom stereocenters. The molecular formula is C8H8ClF2N3O2S. The Balaban J connectivity index is 2.08. The number of carbonyl (C=O) groups is 1. The summed E-state index contributed by atoms with van der Waals surface area (Å²) in [5, 5.41) is 16.2. The van der Waals surface area contributed by atoms with E-state index in [0.717, 1.165) is 11.3 Å². The van der Waals surface area contributed by atoms with Crippen LogP contribution in [0.15, 0.2) is 0 Å². The van der Waals surface area contributed by atoms with E-state index < -0.39 is 17.8 Å². The Kier molecular flexibility index (Phi) is 3.17. The molecule has 2 rings (SSSR count). The van der Waals surface area contributed by atoms with Gasteiger partial charge in [-0.15, -0.1) is 10.2 Å². The minimum Gasteiger partial charge on any atom is -0.477 e. The van der Waals surface area contributed by atoms with Crippen LogP contribution < -0.4 is 4.90 Å². The van der Waals surface area contributed by atoms with E-state index in [4.69, 9.17) is 16.7 Å². The number of hydrogen-bond acceptors (Lipinski definition) is 5. The summed E-state index contributed by atoms with van der Waals surface area (Å²) in [7, 11) is 0. The zero-order chi connectivity index (χ0) is 12.6. The summed E-state index contributed by atoms with van der Waals surface area (Å²) in [5.74, 6) is -6.99. The molecular weight excluding hydrogens is 276 g/mol. The van der Waals surface area contributed by atoms with Gasteiger partial charge in [-0.25, -0.2) is 4.79 Å². The maximum absolute atomic E-state index is 13.3. The second kappa shape index (κ2) is 4.34. The summed E-state index contributed by atoms with van der Waals surface area (Å²) in [4.78, 5) is 12.0. The van der Waals surface area contributed by atoms with Crippen LogP contribution in [-0.4, -0.2) is 40.3 Å². The first-order chi connectivity index (χ1) is 7.91. The van der Waals surface area contributed by atoms with Crippen molar-refractivity contribution in [2.75, 3.05) is 18.0 Å². The maximum Gasteiger partial charge on any atom is 0.374 e. The molecule has 0 bridgehead atoms. The van der Waals surface area contributed by atoms with Gasteiger partial charge >= 0.3 is 11.9 Å². The highest BCUT2D eigenvalue weighted by molar-refractivity contribution is 7.19. The average Bonchev–Trinajstić information content (AvgIpc) is 2.85. The number of halogens is 3. The SMILES string of the molecule is O=C(O)C(F)(F)C1CCN(c2nnc(Cl)s2)C1. The molecule has 1 aliphatic heterocycles. The van der Waals surface area contributed by atoms with Gasteiger partial charge < -0.3 is 10.0 Å². The number of aromatic nitrogens is 2. The summed E-state index contributed by atoms with van der Waals surface area (Å²) in [5.41, 5.74) is 0. The number of anilines is 1. The lowest BCUT2D eigenvalue weighted by Crippen LogP contribution is -2.38. The summed E-state index contributed by atoms with van der Waals surface area (Å²) in [6, 6.07) is 0. The summed E-state index contributed by atoms with van der Waals surface area (Å²) in [6.45, 7) is 0.282. The molecule has 1 fully saturated rings. The highest BCUT2D eigenvalue weighted by Crippen LogP contribution is 2.36. The Morgan fingerprint density at radius 2 is 2.29 bits per heavy atom. The van der Waals surface area contributed by atoms with E-state index in [9.17, 15) is 13.6 Å². The minimum atomic E-state index is -3.71. The van der Waals surface area contributed by atoms with Crippen molar-refractivity contribution in [3.63, 3.8) is 0 Å². The molecule has 17 heavy (non-hydrogen) atoms. The van der Waals surface area contributed by atoms with Crippen LogP contribution in [0.2, 0.25) is 4.47 Å². The van der Waals surface area contributed by atoms with Crippen LogP contribution in [0.4, 0.5) is 13.9 Å². The molecule has 1 aromatic rings. The molecule has 0 amide bonds. The fourth-order valence-corrected chi connectivity index (χ4v) is 2.58. The zero-order valence-electron chi connectivity index (χ0n) is 8.44. The predicted molar refractivity (Wildman–Crippen MR) is 57.8 cm³/mol. The molecule has 0 saturated carbocycles. The second-order valence-electron chi connectivity index (χ2n) is 3.70. The molecule has 1 N–H and O–H groups in total. The molecule has 1 aromatic heterocycles. The first kappa shape index (κ1) is 12.4. The average molecular weight is 284 g/mol. The van der Waals surface area contributed by atoms with Crippen LogP contribution in [0.5, 0.6) is 0 Å². The fourth-order valence-electron chi connectivity index (χ4n) is 1.73. The van der Waals surface area contributed by atoms with Crippen LogP contribution in [-0.2, 0) is 4.79 Å². The first-order valence-corrected chi connectivity index (χ1v) is 5.96. The summed E-state index contributed by atoms with van der Waals surface area (Å²) in [6.07, 6.45) is 0.108. The van der Waals surface area contributed by atoms with E-state index in [-0.39, 0.29) is 17.4 Å². The Bertz CT molecular complexity index is 442. The predicted octanol–water partition coefficient (Wildman–Crippen LogP) is 1.74. The van der Waals surface area contributed by atoms with Crippen molar-refractivity contribution in [1.82, 2.24) is 10.2 Å². The van der Waals surface area contributed by atoms with E-state index in [1.54, 1.807) is 4.90 Å². The molecule has 9 heteroatoms. The smallest absolute Gasteiger partial charge is 0.374 e. The molecule has 1 aliphatic rings. The number of rotatable bonds is 3. The molecule has 1 saturated heterocycles.